The molecule has 0 atom stereocenters. The van der Waals surface area contributed by atoms with Crippen molar-refractivity contribution in [3.8, 4) is 22.4 Å². The van der Waals surface area contributed by atoms with E-state index in [9.17, 15) is 4.39 Å². The molecule has 1 aromatic carbocycles. The summed E-state index contributed by atoms with van der Waals surface area (Å²) in [5, 5.41) is 12.4. The number of pyridine rings is 3. The molecule has 4 heterocycles. The molecule has 1 saturated heterocycles. The van der Waals surface area contributed by atoms with E-state index >= 15 is 0 Å². The van der Waals surface area contributed by atoms with Gasteiger partial charge in [0.15, 0.2) is 5.65 Å². The molecule has 0 radical (unpaired) electrons. The Labute approximate surface area is 221 Å². The average molecular weight is 511 g/mol. The van der Waals surface area contributed by atoms with Gasteiger partial charge in [-0.2, -0.15) is 0 Å². The number of aromatic nitrogens is 3. The van der Waals surface area contributed by atoms with E-state index in [4.69, 9.17) is 10.1 Å². The molecule has 194 valence electrons. The van der Waals surface area contributed by atoms with Crippen LogP contribution in [0.2, 0.25) is 0 Å². The summed E-state index contributed by atoms with van der Waals surface area (Å²) in [5.41, 5.74) is 4.74. The van der Waals surface area contributed by atoms with Crippen LogP contribution in [0.25, 0.3) is 39.0 Å². The summed E-state index contributed by atoms with van der Waals surface area (Å²) >= 11 is 0. The van der Waals surface area contributed by atoms with Gasteiger partial charge in [0.05, 0.1) is 12.3 Å². The molecule has 0 bridgehead atoms. The minimum absolute atomic E-state index is 0.335. The van der Waals surface area contributed by atoms with Crippen LogP contribution in [-0.2, 0) is 4.74 Å². The number of rotatable bonds is 9. The molecule has 1 fully saturated rings. The van der Waals surface area contributed by atoms with E-state index in [0.717, 1.165) is 66.7 Å². The van der Waals surface area contributed by atoms with Gasteiger partial charge in [0.25, 0.3) is 0 Å². The molecular formula is C30H31FN6O. The Balaban J connectivity index is 1.43. The molecule has 1 aliphatic rings. The highest BCUT2D eigenvalue weighted by atomic mass is 19.1. The van der Waals surface area contributed by atoms with E-state index in [1.807, 2.05) is 30.5 Å². The molecule has 0 unspecified atom stereocenters. The van der Waals surface area contributed by atoms with Crippen molar-refractivity contribution in [2.24, 2.45) is 0 Å². The summed E-state index contributed by atoms with van der Waals surface area (Å²) in [5.74, 6) is -0.335. The molecule has 2 N–H and O–H groups in total. The largest absolute Gasteiger partial charge is 0.388 e. The van der Waals surface area contributed by atoms with Crippen molar-refractivity contribution in [1.29, 1.82) is 5.41 Å². The van der Waals surface area contributed by atoms with Crippen molar-refractivity contribution in [3.63, 3.8) is 0 Å². The molecule has 3 aromatic heterocycles. The van der Waals surface area contributed by atoms with Crippen LogP contribution in [0.15, 0.2) is 73.3 Å². The van der Waals surface area contributed by atoms with E-state index < -0.39 is 0 Å². The molecule has 0 spiro atoms. The molecule has 5 rings (SSSR count). The van der Waals surface area contributed by atoms with Gasteiger partial charge in [-0.3, -0.25) is 4.98 Å². The van der Waals surface area contributed by atoms with E-state index in [1.54, 1.807) is 43.9 Å². The summed E-state index contributed by atoms with van der Waals surface area (Å²) in [6.45, 7) is 3.77. The number of nitrogens with one attached hydrogen (secondary N) is 2. The van der Waals surface area contributed by atoms with Gasteiger partial charge in [0.2, 0.25) is 0 Å². The highest BCUT2D eigenvalue weighted by molar-refractivity contribution is 6.08. The summed E-state index contributed by atoms with van der Waals surface area (Å²) in [7, 11) is 1.73. The van der Waals surface area contributed by atoms with Crippen molar-refractivity contribution >= 4 is 22.8 Å². The Morgan fingerprint density at radius 1 is 1.13 bits per heavy atom. The minimum Gasteiger partial charge on any atom is -0.388 e. The highest BCUT2D eigenvalue weighted by Crippen LogP contribution is 2.33. The molecule has 7 nitrogen and oxygen atoms in total. The first-order chi connectivity index (χ1) is 18.7. The number of methoxy groups -OCH3 is 1. The fraction of sp³-hybridized carbons (Fsp3) is 0.267. The quantitative estimate of drug-likeness (QED) is 0.302. The Morgan fingerprint density at radius 3 is 2.76 bits per heavy atom. The topological polar surface area (TPSA) is 87.0 Å². The van der Waals surface area contributed by atoms with Crippen molar-refractivity contribution in [2.45, 2.75) is 18.9 Å². The first kappa shape index (κ1) is 25.6. The van der Waals surface area contributed by atoms with Gasteiger partial charge < -0.3 is 20.4 Å². The number of allylic oxidation sites excluding steroid dienone is 1. The van der Waals surface area contributed by atoms with Crippen LogP contribution < -0.4 is 5.32 Å². The van der Waals surface area contributed by atoms with Crippen LogP contribution in [0.3, 0.4) is 0 Å². The summed E-state index contributed by atoms with van der Waals surface area (Å²) < 4.78 is 19.8. The van der Waals surface area contributed by atoms with Crippen molar-refractivity contribution < 1.29 is 9.13 Å². The van der Waals surface area contributed by atoms with Gasteiger partial charge >= 0.3 is 0 Å². The number of likely N-dealkylation sites (tertiary alicyclic amines) is 1. The van der Waals surface area contributed by atoms with Gasteiger partial charge in [0.1, 0.15) is 5.82 Å². The van der Waals surface area contributed by atoms with Crippen LogP contribution >= 0.6 is 0 Å². The second-order valence-electron chi connectivity index (χ2n) is 9.39. The van der Waals surface area contributed by atoms with Crippen LogP contribution in [0.4, 0.5) is 4.39 Å². The van der Waals surface area contributed by atoms with Gasteiger partial charge in [-0.1, -0.05) is 12.1 Å². The lowest BCUT2D eigenvalue weighted by Crippen LogP contribution is -2.42. The smallest absolute Gasteiger partial charge is 0.160 e. The summed E-state index contributed by atoms with van der Waals surface area (Å²) in [4.78, 5) is 16.0. The van der Waals surface area contributed by atoms with E-state index in [2.05, 4.69) is 25.2 Å². The molecular weight excluding hydrogens is 479 g/mol. The molecule has 0 saturated carbocycles. The first-order valence-corrected chi connectivity index (χ1v) is 12.8. The highest BCUT2D eigenvalue weighted by Gasteiger charge is 2.18. The van der Waals surface area contributed by atoms with Crippen LogP contribution in [0, 0.1) is 11.2 Å². The number of ether oxygens (including phenoxy) is 1. The molecule has 8 heteroatoms. The maximum Gasteiger partial charge on any atom is 0.160 e. The second-order valence-corrected chi connectivity index (χ2v) is 9.39. The maximum atomic E-state index is 14.6. The Hall–Kier alpha value is -4.01. The predicted molar refractivity (Wildman–Crippen MR) is 149 cm³/mol. The molecule has 4 aromatic rings. The fourth-order valence-electron chi connectivity index (χ4n) is 4.81. The Bertz CT molecular complexity index is 1450. The Kier molecular flexibility index (Phi) is 8.11. The number of hydrogen-bond acceptors (Lipinski definition) is 7. The summed E-state index contributed by atoms with van der Waals surface area (Å²) in [6.07, 6.45) is 10.6. The van der Waals surface area contributed by atoms with Crippen molar-refractivity contribution in [1.82, 2.24) is 25.2 Å². The lowest BCUT2D eigenvalue weighted by molar-refractivity contribution is 0.128. The lowest BCUT2D eigenvalue weighted by atomic mass is 9.98. The zero-order valence-corrected chi connectivity index (χ0v) is 21.4. The first-order valence-electron chi connectivity index (χ1n) is 12.8. The number of benzene rings is 1. The van der Waals surface area contributed by atoms with Gasteiger partial charge in [-0.05, 0) is 54.8 Å². The third-order valence-corrected chi connectivity index (χ3v) is 6.95. The third-order valence-electron chi connectivity index (χ3n) is 6.95. The second kappa shape index (κ2) is 12.0. The average Bonchev–Trinajstić information content (AvgIpc) is 2.97. The van der Waals surface area contributed by atoms with Crippen LogP contribution in [-0.4, -0.2) is 65.5 Å². The van der Waals surface area contributed by atoms with Crippen molar-refractivity contribution in [2.75, 3.05) is 33.4 Å². The normalized spacial score (nSPS) is 15.1. The third kappa shape index (κ3) is 5.77. The zero-order chi connectivity index (χ0) is 26.3. The van der Waals surface area contributed by atoms with Crippen LogP contribution in [0.1, 0.15) is 18.4 Å². The molecule has 0 aliphatic carbocycles. The number of nitrogens with zero attached hydrogens (tertiary/aromatic N) is 4. The van der Waals surface area contributed by atoms with Gasteiger partial charge in [-0.15, -0.1) is 0 Å². The van der Waals surface area contributed by atoms with Crippen LogP contribution in [0.5, 0.6) is 0 Å². The molecule has 0 amide bonds. The number of piperidine rings is 1. The van der Waals surface area contributed by atoms with E-state index in [1.165, 1.54) is 12.3 Å². The predicted octanol–water partition coefficient (Wildman–Crippen LogP) is 5.19. The summed E-state index contributed by atoms with van der Waals surface area (Å²) in [6, 6.07) is 14.7. The SMILES string of the molecule is COCCN1CCC(N/C=C(\C=N)c2cncc(-c3cc(-c4ccccc4F)nc4ncccc34)c2)CC1. The molecule has 1 aliphatic heterocycles. The Morgan fingerprint density at radius 2 is 1.97 bits per heavy atom. The lowest BCUT2D eigenvalue weighted by Gasteiger charge is -2.32. The molecule has 38 heavy (non-hydrogen) atoms. The number of fused-ring (bicyclic) bond motifs is 1. The maximum absolute atomic E-state index is 14.6. The van der Waals surface area contributed by atoms with Crippen molar-refractivity contribution in [3.05, 3.63) is 84.7 Å². The standard InChI is InChI=1S/C30H31FN6O/c1-38-14-13-37-11-8-24(9-12-37)35-20-23(17-32)21-15-22(19-33-18-21)27-16-29(26-5-2-3-7-28(26)31)36-30-25(27)6-4-10-34-30/h2-7,10,15-20,24,32,35H,8-9,11-14H2,1H3/b23-20+,32-17?. The fourth-order valence-corrected chi connectivity index (χ4v) is 4.81. The zero-order valence-electron chi connectivity index (χ0n) is 21.4. The van der Waals surface area contributed by atoms with E-state index in [-0.39, 0.29) is 5.82 Å². The monoisotopic (exact) mass is 510 g/mol. The van der Waals surface area contributed by atoms with Gasteiger partial charge in [-0.25, -0.2) is 14.4 Å². The van der Waals surface area contributed by atoms with E-state index in [0.29, 0.717) is 22.9 Å². The number of hydrogen-bond donors (Lipinski definition) is 2. The minimum atomic E-state index is -0.335. The van der Waals surface area contributed by atoms with Gasteiger partial charge in [0, 0.05) is 91.4 Å². The number of halogens is 1.